The van der Waals surface area contributed by atoms with E-state index >= 15 is 0 Å². The van der Waals surface area contributed by atoms with Crippen molar-refractivity contribution in [1.29, 1.82) is 0 Å². The highest BCUT2D eigenvalue weighted by molar-refractivity contribution is 6.29. The minimum absolute atomic E-state index is 0.0713. The molecule has 3 nitrogen and oxygen atoms in total. The average molecular weight is 223 g/mol. The molecule has 4 heteroatoms. The van der Waals surface area contributed by atoms with Crippen LogP contribution in [-0.2, 0) is 13.6 Å². The smallest absolute Gasteiger partial charge is 0.295 e. The second-order valence-electron chi connectivity index (χ2n) is 3.43. The van der Waals surface area contributed by atoms with Gasteiger partial charge in [0.1, 0.15) is 0 Å². The molecule has 0 spiro atoms. The van der Waals surface area contributed by atoms with Crippen molar-refractivity contribution in [2.75, 3.05) is 0 Å². The maximum atomic E-state index is 11.8. The van der Waals surface area contributed by atoms with Crippen LogP contribution >= 0.6 is 11.6 Å². The van der Waals surface area contributed by atoms with Crippen LogP contribution in [0.25, 0.3) is 11.0 Å². The SMILES string of the molecule is C=C(Cl)Cn1c(=O)n(C)c2ccccc21. The second-order valence-corrected chi connectivity index (χ2v) is 3.97. The van der Waals surface area contributed by atoms with Crippen molar-refractivity contribution in [2.45, 2.75) is 6.54 Å². The molecule has 0 bridgehead atoms. The number of fused-ring (bicyclic) bond motifs is 1. The predicted molar refractivity (Wildman–Crippen MR) is 62.2 cm³/mol. The summed E-state index contributed by atoms with van der Waals surface area (Å²) in [5, 5.41) is 0.452. The summed E-state index contributed by atoms with van der Waals surface area (Å²) in [5.74, 6) is 0. The zero-order valence-electron chi connectivity index (χ0n) is 8.40. The van der Waals surface area contributed by atoms with Gasteiger partial charge in [0.05, 0.1) is 17.6 Å². The Morgan fingerprint density at radius 2 is 2.00 bits per heavy atom. The topological polar surface area (TPSA) is 26.9 Å². The number of benzene rings is 1. The molecule has 0 aliphatic carbocycles. The van der Waals surface area contributed by atoms with E-state index in [4.69, 9.17) is 11.6 Å². The van der Waals surface area contributed by atoms with E-state index in [-0.39, 0.29) is 5.69 Å². The molecule has 78 valence electrons. The molecule has 0 aliphatic rings. The van der Waals surface area contributed by atoms with Crippen LogP contribution in [0.5, 0.6) is 0 Å². The maximum absolute atomic E-state index is 11.8. The molecule has 0 saturated carbocycles. The van der Waals surface area contributed by atoms with Crippen molar-refractivity contribution in [3.8, 4) is 0 Å². The van der Waals surface area contributed by atoms with Gasteiger partial charge in [-0.1, -0.05) is 30.3 Å². The van der Waals surface area contributed by atoms with Crippen LogP contribution in [0.15, 0.2) is 40.7 Å². The van der Waals surface area contributed by atoms with Crippen LogP contribution in [0.3, 0.4) is 0 Å². The molecule has 0 unspecified atom stereocenters. The summed E-state index contributed by atoms with van der Waals surface area (Å²) in [4.78, 5) is 11.8. The molecule has 2 rings (SSSR count). The molecule has 1 aromatic heterocycles. The largest absolute Gasteiger partial charge is 0.329 e. The lowest BCUT2D eigenvalue weighted by atomic mass is 10.3. The van der Waals surface area contributed by atoms with Crippen molar-refractivity contribution in [3.63, 3.8) is 0 Å². The lowest BCUT2D eigenvalue weighted by molar-refractivity contribution is 0.744. The predicted octanol–water partition coefficient (Wildman–Crippen LogP) is 2.09. The number of allylic oxidation sites excluding steroid dienone is 1. The number of halogens is 1. The van der Waals surface area contributed by atoms with E-state index in [1.165, 1.54) is 0 Å². The van der Waals surface area contributed by atoms with Gasteiger partial charge in [0.15, 0.2) is 0 Å². The number of aryl methyl sites for hydroxylation is 1. The van der Waals surface area contributed by atoms with Crippen molar-refractivity contribution in [2.24, 2.45) is 7.05 Å². The first-order valence-electron chi connectivity index (χ1n) is 4.59. The van der Waals surface area contributed by atoms with E-state index in [1.54, 1.807) is 16.2 Å². The maximum Gasteiger partial charge on any atom is 0.329 e. The third-order valence-corrected chi connectivity index (χ3v) is 2.50. The Bertz CT molecular complexity index is 580. The molecule has 1 aromatic carbocycles. The van der Waals surface area contributed by atoms with Crippen LogP contribution in [0, 0.1) is 0 Å². The second kappa shape index (κ2) is 3.59. The van der Waals surface area contributed by atoms with Gasteiger partial charge in [0.2, 0.25) is 0 Å². The third-order valence-electron chi connectivity index (χ3n) is 2.38. The van der Waals surface area contributed by atoms with E-state index in [1.807, 2.05) is 24.3 Å². The Hall–Kier alpha value is -1.48. The van der Waals surface area contributed by atoms with E-state index in [0.717, 1.165) is 11.0 Å². The number of rotatable bonds is 2. The minimum atomic E-state index is -0.0713. The van der Waals surface area contributed by atoms with Gasteiger partial charge in [0, 0.05) is 12.1 Å². The number of hydrogen-bond acceptors (Lipinski definition) is 1. The van der Waals surface area contributed by atoms with Gasteiger partial charge < -0.3 is 0 Å². The fourth-order valence-corrected chi connectivity index (χ4v) is 1.81. The lowest BCUT2D eigenvalue weighted by Gasteiger charge is -1.99. The number of para-hydroxylation sites is 2. The summed E-state index contributed by atoms with van der Waals surface area (Å²) in [5.41, 5.74) is 1.71. The van der Waals surface area contributed by atoms with Gasteiger partial charge in [-0.2, -0.15) is 0 Å². The monoisotopic (exact) mass is 222 g/mol. The summed E-state index contributed by atoms with van der Waals surface area (Å²) >= 11 is 5.73. The Morgan fingerprint density at radius 3 is 2.60 bits per heavy atom. The molecule has 15 heavy (non-hydrogen) atoms. The van der Waals surface area contributed by atoms with Crippen LogP contribution in [0.2, 0.25) is 0 Å². The number of hydrogen-bond donors (Lipinski definition) is 0. The van der Waals surface area contributed by atoms with Crippen molar-refractivity contribution in [3.05, 3.63) is 46.4 Å². The van der Waals surface area contributed by atoms with Crippen LogP contribution in [-0.4, -0.2) is 9.13 Å². The van der Waals surface area contributed by atoms with Crippen LogP contribution < -0.4 is 5.69 Å². The Balaban J connectivity index is 2.78. The summed E-state index contributed by atoms with van der Waals surface area (Å²) in [6.45, 7) is 3.95. The molecule has 0 saturated heterocycles. The molecule has 1 heterocycles. The number of nitrogens with zero attached hydrogens (tertiary/aromatic N) is 2. The molecular weight excluding hydrogens is 212 g/mol. The third kappa shape index (κ3) is 1.59. The Kier molecular flexibility index (Phi) is 2.40. The van der Waals surface area contributed by atoms with Crippen molar-refractivity contribution >= 4 is 22.6 Å². The summed E-state index contributed by atoms with van der Waals surface area (Å²) < 4.78 is 3.22. The average Bonchev–Trinajstić information content (AvgIpc) is 2.44. The van der Waals surface area contributed by atoms with E-state index in [0.29, 0.717) is 11.6 Å². The van der Waals surface area contributed by atoms with E-state index in [2.05, 4.69) is 6.58 Å². The standard InChI is InChI=1S/C11H11ClN2O/c1-8(12)7-14-10-6-4-3-5-9(10)13(2)11(14)15/h3-6H,1,7H2,2H3. The highest BCUT2D eigenvalue weighted by atomic mass is 35.5. The van der Waals surface area contributed by atoms with Gasteiger partial charge in [-0.3, -0.25) is 9.13 Å². The normalized spacial score (nSPS) is 10.8. The zero-order chi connectivity index (χ0) is 11.0. The summed E-state index contributed by atoms with van der Waals surface area (Å²) in [6, 6.07) is 7.61. The quantitative estimate of drug-likeness (QED) is 0.765. The molecule has 0 aliphatic heterocycles. The van der Waals surface area contributed by atoms with Crippen molar-refractivity contribution in [1.82, 2.24) is 9.13 Å². The number of imidazole rings is 1. The minimum Gasteiger partial charge on any atom is -0.295 e. The molecule has 0 N–H and O–H groups in total. The van der Waals surface area contributed by atoms with Gasteiger partial charge in [-0.15, -0.1) is 0 Å². The zero-order valence-corrected chi connectivity index (χ0v) is 9.16. The first-order valence-corrected chi connectivity index (χ1v) is 4.96. The fraction of sp³-hybridized carbons (Fsp3) is 0.182. The summed E-state index contributed by atoms with van der Waals surface area (Å²) in [7, 11) is 1.75. The first kappa shape index (κ1) is 10.1. The van der Waals surface area contributed by atoms with Gasteiger partial charge in [0.25, 0.3) is 0 Å². The number of aromatic nitrogens is 2. The molecule has 0 fully saturated rings. The van der Waals surface area contributed by atoms with Gasteiger partial charge in [-0.05, 0) is 12.1 Å². The first-order chi connectivity index (χ1) is 7.11. The molecule has 0 amide bonds. The van der Waals surface area contributed by atoms with Crippen LogP contribution in [0.1, 0.15) is 0 Å². The molecule has 0 atom stereocenters. The van der Waals surface area contributed by atoms with E-state index in [9.17, 15) is 4.79 Å². The summed E-state index contributed by atoms with van der Waals surface area (Å²) in [6.07, 6.45) is 0. The van der Waals surface area contributed by atoms with Gasteiger partial charge >= 0.3 is 5.69 Å². The molecular formula is C11H11ClN2O. The molecule has 2 aromatic rings. The van der Waals surface area contributed by atoms with E-state index < -0.39 is 0 Å². The molecule has 0 radical (unpaired) electrons. The Morgan fingerprint density at radius 1 is 1.40 bits per heavy atom. The highest BCUT2D eigenvalue weighted by Gasteiger charge is 2.09. The van der Waals surface area contributed by atoms with Crippen LogP contribution in [0.4, 0.5) is 0 Å². The van der Waals surface area contributed by atoms with Crippen molar-refractivity contribution < 1.29 is 0 Å². The Labute approximate surface area is 92.2 Å². The fourth-order valence-electron chi connectivity index (χ4n) is 1.69. The highest BCUT2D eigenvalue weighted by Crippen LogP contribution is 2.13. The van der Waals surface area contributed by atoms with Gasteiger partial charge in [-0.25, -0.2) is 4.79 Å². The lowest BCUT2D eigenvalue weighted by Crippen LogP contribution is -2.22.